The van der Waals surface area contributed by atoms with Gasteiger partial charge in [0.1, 0.15) is 0 Å². The van der Waals surface area contributed by atoms with Crippen LogP contribution in [0.4, 0.5) is 17.1 Å². The number of nitrogens with one attached hydrogen (secondary N) is 1. The number of benzene rings is 1. The first kappa shape index (κ1) is 10.8. The highest BCUT2D eigenvalue weighted by Crippen LogP contribution is 2.31. The topological polar surface area (TPSA) is 51.6 Å². The lowest BCUT2D eigenvalue weighted by atomic mass is 9.89. The first-order valence-electron chi connectivity index (χ1n) is 5.29. The van der Waals surface area contributed by atoms with Gasteiger partial charge < -0.3 is 15.8 Å². The van der Waals surface area contributed by atoms with Crippen LogP contribution in [-0.4, -0.2) is 19.3 Å². The lowest BCUT2D eigenvalue weighted by Crippen LogP contribution is -2.40. The van der Waals surface area contributed by atoms with Crippen molar-refractivity contribution in [3.8, 4) is 0 Å². The van der Waals surface area contributed by atoms with Crippen molar-refractivity contribution in [2.45, 2.75) is 25.0 Å². The number of nitrogens with zero attached hydrogens (tertiary/aromatic N) is 1. The summed E-state index contributed by atoms with van der Waals surface area (Å²) in [4.78, 5) is 3.38. The van der Waals surface area contributed by atoms with E-state index in [1.54, 1.807) is 25.3 Å². The van der Waals surface area contributed by atoms with E-state index in [1.165, 1.54) is 0 Å². The molecule has 1 aromatic carbocycles. The molecule has 4 heteroatoms. The Morgan fingerprint density at radius 1 is 1.50 bits per heavy atom. The number of hydrogen-bond donors (Lipinski definition) is 2. The second-order valence-electron chi connectivity index (χ2n) is 4.05. The fraction of sp³-hybridized carbons (Fsp3) is 0.417. The Labute approximate surface area is 95.2 Å². The molecule has 1 aromatic rings. The zero-order valence-electron chi connectivity index (χ0n) is 9.23. The number of ether oxygens (including phenoxy) is 1. The minimum atomic E-state index is 0.364. The molecule has 0 aromatic heterocycles. The summed E-state index contributed by atoms with van der Waals surface area (Å²) in [5.41, 5.74) is 8.00. The summed E-state index contributed by atoms with van der Waals surface area (Å²) in [6.07, 6.45) is 2.36. The molecule has 0 amide bonds. The van der Waals surface area contributed by atoms with Crippen molar-refractivity contribution in [2.24, 2.45) is 0 Å². The Kier molecular flexibility index (Phi) is 2.97. The molecule has 1 aliphatic carbocycles. The lowest BCUT2D eigenvalue weighted by molar-refractivity contribution is 0.0329. The van der Waals surface area contributed by atoms with Gasteiger partial charge in [0.2, 0.25) is 0 Å². The van der Waals surface area contributed by atoms with Crippen LogP contribution in [0.25, 0.3) is 4.85 Å². The van der Waals surface area contributed by atoms with Crippen LogP contribution in [0.3, 0.4) is 0 Å². The zero-order valence-corrected chi connectivity index (χ0v) is 9.23. The maximum Gasteiger partial charge on any atom is 0.189 e. The molecule has 1 aliphatic rings. The Balaban J connectivity index is 2.02. The SMILES string of the molecule is [C-]#[N+]c1ccc(N)c(NC2CC(OC)C2)c1. The molecule has 16 heavy (non-hydrogen) atoms. The summed E-state index contributed by atoms with van der Waals surface area (Å²) < 4.78 is 5.21. The third-order valence-electron chi connectivity index (χ3n) is 2.95. The van der Waals surface area contributed by atoms with Crippen LogP contribution in [0.1, 0.15) is 12.8 Å². The van der Waals surface area contributed by atoms with Crippen molar-refractivity contribution in [1.29, 1.82) is 0 Å². The number of methoxy groups -OCH3 is 1. The van der Waals surface area contributed by atoms with Gasteiger partial charge in [0.15, 0.2) is 5.69 Å². The van der Waals surface area contributed by atoms with E-state index in [0.29, 0.717) is 23.5 Å². The highest BCUT2D eigenvalue weighted by atomic mass is 16.5. The standard InChI is InChI=1S/C12H15N3O/c1-14-8-3-4-11(13)12(7-8)15-9-5-10(6-9)16-2/h3-4,7,9-10,15H,5-6,13H2,2H3. The summed E-state index contributed by atoms with van der Waals surface area (Å²) in [6.45, 7) is 6.95. The summed E-state index contributed by atoms with van der Waals surface area (Å²) in [5, 5.41) is 3.34. The van der Waals surface area contributed by atoms with Gasteiger partial charge in [0.05, 0.1) is 18.4 Å². The summed E-state index contributed by atoms with van der Waals surface area (Å²) in [7, 11) is 1.73. The second-order valence-corrected chi connectivity index (χ2v) is 4.05. The van der Waals surface area contributed by atoms with Crippen LogP contribution in [0, 0.1) is 6.57 Å². The average Bonchev–Trinajstić information content (AvgIpc) is 2.25. The molecule has 0 aliphatic heterocycles. The number of anilines is 2. The fourth-order valence-electron chi connectivity index (χ4n) is 1.83. The Morgan fingerprint density at radius 2 is 2.25 bits per heavy atom. The quantitative estimate of drug-likeness (QED) is 0.604. The Bertz CT molecular complexity index is 419. The molecule has 0 bridgehead atoms. The van der Waals surface area contributed by atoms with Gasteiger partial charge in [0, 0.05) is 18.8 Å². The summed E-state index contributed by atoms with van der Waals surface area (Å²) in [6, 6.07) is 5.70. The van der Waals surface area contributed by atoms with Gasteiger partial charge in [-0.2, -0.15) is 0 Å². The van der Waals surface area contributed by atoms with Crippen molar-refractivity contribution >= 4 is 17.1 Å². The maximum atomic E-state index is 6.95. The number of rotatable bonds is 3. The Hall–Kier alpha value is -1.73. The lowest BCUT2D eigenvalue weighted by Gasteiger charge is -2.35. The van der Waals surface area contributed by atoms with Crippen LogP contribution in [-0.2, 0) is 4.74 Å². The van der Waals surface area contributed by atoms with Crippen LogP contribution in [0.5, 0.6) is 0 Å². The molecular weight excluding hydrogens is 202 g/mol. The molecule has 0 unspecified atom stereocenters. The molecule has 0 radical (unpaired) electrons. The number of nitrogens with two attached hydrogens (primary N) is 1. The molecule has 2 rings (SSSR count). The van der Waals surface area contributed by atoms with Crippen molar-refractivity contribution in [3.05, 3.63) is 29.6 Å². The first-order valence-corrected chi connectivity index (χ1v) is 5.29. The third-order valence-corrected chi connectivity index (χ3v) is 2.95. The van der Waals surface area contributed by atoms with Gasteiger partial charge in [-0.3, -0.25) is 0 Å². The molecule has 4 nitrogen and oxygen atoms in total. The summed E-state index contributed by atoms with van der Waals surface area (Å²) in [5.74, 6) is 0. The minimum Gasteiger partial charge on any atom is -0.397 e. The molecule has 0 atom stereocenters. The molecule has 1 fully saturated rings. The predicted octanol–water partition coefficient (Wildman–Crippen LogP) is 2.41. The average molecular weight is 217 g/mol. The molecule has 0 spiro atoms. The first-order chi connectivity index (χ1) is 7.72. The van der Waals surface area contributed by atoms with Crippen LogP contribution in [0.15, 0.2) is 18.2 Å². The monoisotopic (exact) mass is 217 g/mol. The van der Waals surface area contributed by atoms with Crippen molar-refractivity contribution in [1.82, 2.24) is 0 Å². The molecular formula is C12H15N3O. The van der Waals surface area contributed by atoms with E-state index in [0.717, 1.165) is 18.5 Å². The van der Waals surface area contributed by atoms with E-state index in [9.17, 15) is 0 Å². The number of hydrogen-bond acceptors (Lipinski definition) is 3. The maximum absolute atomic E-state index is 6.95. The van der Waals surface area contributed by atoms with Gasteiger partial charge in [-0.1, -0.05) is 6.07 Å². The molecule has 84 valence electrons. The highest BCUT2D eigenvalue weighted by molar-refractivity contribution is 5.72. The van der Waals surface area contributed by atoms with Crippen LogP contribution in [0.2, 0.25) is 0 Å². The van der Waals surface area contributed by atoms with Gasteiger partial charge in [-0.05, 0) is 25.0 Å². The fourth-order valence-corrected chi connectivity index (χ4v) is 1.83. The van der Waals surface area contributed by atoms with Crippen molar-refractivity contribution in [3.63, 3.8) is 0 Å². The van der Waals surface area contributed by atoms with Crippen molar-refractivity contribution in [2.75, 3.05) is 18.2 Å². The van der Waals surface area contributed by atoms with Gasteiger partial charge in [-0.25, -0.2) is 4.85 Å². The van der Waals surface area contributed by atoms with E-state index in [1.807, 2.05) is 0 Å². The molecule has 1 saturated carbocycles. The molecule has 3 N–H and O–H groups in total. The predicted molar refractivity (Wildman–Crippen MR) is 64.6 cm³/mol. The second kappa shape index (κ2) is 4.42. The number of nitrogen functional groups attached to an aromatic ring is 1. The summed E-state index contributed by atoms with van der Waals surface area (Å²) >= 11 is 0. The third kappa shape index (κ3) is 2.10. The van der Waals surface area contributed by atoms with Crippen molar-refractivity contribution < 1.29 is 4.74 Å². The normalized spacial score (nSPS) is 23.2. The van der Waals surface area contributed by atoms with Gasteiger partial charge in [-0.15, -0.1) is 0 Å². The minimum absolute atomic E-state index is 0.364. The highest BCUT2D eigenvalue weighted by Gasteiger charge is 2.28. The molecule has 0 heterocycles. The largest absolute Gasteiger partial charge is 0.397 e. The van der Waals surface area contributed by atoms with E-state index in [4.69, 9.17) is 17.0 Å². The van der Waals surface area contributed by atoms with Gasteiger partial charge in [0.25, 0.3) is 0 Å². The molecule has 0 saturated heterocycles. The van der Waals surface area contributed by atoms with E-state index in [2.05, 4.69) is 10.2 Å². The Morgan fingerprint density at radius 3 is 2.88 bits per heavy atom. The van der Waals surface area contributed by atoms with E-state index in [-0.39, 0.29) is 0 Å². The smallest absolute Gasteiger partial charge is 0.189 e. The van der Waals surface area contributed by atoms with E-state index < -0.39 is 0 Å². The zero-order chi connectivity index (χ0) is 11.5. The van der Waals surface area contributed by atoms with E-state index >= 15 is 0 Å². The van der Waals surface area contributed by atoms with Crippen LogP contribution < -0.4 is 11.1 Å². The van der Waals surface area contributed by atoms with Crippen LogP contribution >= 0.6 is 0 Å². The van der Waals surface area contributed by atoms with Gasteiger partial charge >= 0.3 is 0 Å².